The second kappa shape index (κ2) is 7.14. The molecule has 24 heavy (non-hydrogen) atoms. The lowest BCUT2D eigenvalue weighted by Crippen LogP contribution is -2.23. The lowest BCUT2D eigenvalue weighted by Gasteiger charge is -2.21. The Bertz CT molecular complexity index is 736. The van der Waals surface area contributed by atoms with Crippen molar-refractivity contribution in [3.63, 3.8) is 0 Å². The fourth-order valence-corrected chi connectivity index (χ4v) is 4.66. The molecular formula is C22H23OS+. The molecular weight excluding hydrogens is 312 g/mol. The van der Waals surface area contributed by atoms with Gasteiger partial charge in [0.25, 0.3) is 0 Å². The predicted molar refractivity (Wildman–Crippen MR) is 102 cm³/mol. The highest BCUT2D eigenvalue weighted by Crippen LogP contribution is 2.33. The van der Waals surface area contributed by atoms with Crippen LogP contribution in [0.1, 0.15) is 20.8 Å². The fraction of sp³-hybridized carbons (Fsp3) is 0.182. The van der Waals surface area contributed by atoms with Crippen LogP contribution in [-0.4, -0.2) is 5.60 Å². The van der Waals surface area contributed by atoms with Gasteiger partial charge < -0.3 is 4.74 Å². The molecule has 0 N–H and O–H groups in total. The Hall–Kier alpha value is -2.19. The monoisotopic (exact) mass is 335 g/mol. The minimum atomic E-state index is -0.198. The van der Waals surface area contributed by atoms with Crippen LogP contribution in [0.15, 0.2) is 99.6 Å². The minimum Gasteiger partial charge on any atom is -0.488 e. The summed E-state index contributed by atoms with van der Waals surface area (Å²) in [4.78, 5) is 3.90. The van der Waals surface area contributed by atoms with Crippen LogP contribution in [0.25, 0.3) is 0 Å². The average molecular weight is 335 g/mol. The standard InChI is InChI=1S/C22H23OS/c1-22(2,3)23-18-11-10-16-21(17-18)24(19-12-6-4-7-13-19)20-14-8-5-9-15-20/h4-17H,1-3H3/q+1. The van der Waals surface area contributed by atoms with Crippen LogP contribution >= 0.6 is 0 Å². The van der Waals surface area contributed by atoms with Gasteiger partial charge in [0.05, 0.1) is 10.9 Å². The van der Waals surface area contributed by atoms with E-state index in [1.807, 2.05) is 6.07 Å². The van der Waals surface area contributed by atoms with Crippen molar-refractivity contribution in [3.05, 3.63) is 84.9 Å². The Kier molecular flexibility index (Phi) is 4.96. The van der Waals surface area contributed by atoms with Gasteiger partial charge >= 0.3 is 0 Å². The largest absolute Gasteiger partial charge is 0.488 e. The summed E-state index contributed by atoms with van der Waals surface area (Å²) < 4.78 is 6.07. The van der Waals surface area contributed by atoms with Crippen molar-refractivity contribution < 1.29 is 4.74 Å². The summed E-state index contributed by atoms with van der Waals surface area (Å²) in [5, 5.41) is 0. The molecule has 0 radical (unpaired) electrons. The Morgan fingerprint density at radius 2 is 1.12 bits per heavy atom. The molecule has 1 nitrogen and oxygen atoms in total. The van der Waals surface area contributed by atoms with Crippen LogP contribution in [0.3, 0.4) is 0 Å². The van der Waals surface area contributed by atoms with Crippen molar-refractivity contribution in [3.8, 4) is 5.75 Å². The molecule has 0 aliphatic rings. The molecule has 0 saturated heterocycles. The van der Waals surface area contributed by atoms with Gasteiger partial charge in [-0.2, -0.15) is 0 Å². The lowest BCUT2D eigenvalue weighted by atomic mass is 10.2. The van der Waals surface area contributed by atoms with Gasteiger partial charge in [0.15, 0.2) is 14.7 Å². The van der Waals surface area contributed by atoms with E-state index in [4.69, 9.17) is 4.74 Å². The molecule has 122 valence electrons. The van der Waals surface area contributed by atoms with Gasteiger partial charge in [-0.3, -0.25) is 0 Å². The van der Waals surface area contributed by atoms with Crippen molar-refractivity contribution in [2.45, 2.75) is 41.1 Å². The number of ether oxygens (including phenoxy) is 1. The molecule has 0 spiro atoms. The molecule has 0 heterocycles. The zero-order valence-electron chi connectivity index (χ0n) is 14.4. The molecule has 0 aliphatic heterocycles. The van der Waals surface area contributed by atoms with E-state index >= 15 is 0 Å². The van der Waals surface area contributed by atoms with Gasteiger partial charge in [-0.15, -0.1) is 0 Å². The molecule has 0 atom stereocenters. The third kappa shape index (κ3) is 4.21. The summed E-state index contributed by atoms with van der Waals surface area (Å²) >= 11 is 0. The minimum absolute atomic E-state index is 0.133. The molecule has 0 fully saturated rings. The number of hydrogen-bond acceptors (Lipinski definition) is 1. The number of rotatable bonds is 4. The Morgan fingerprint density at radius 3 is 1.62 bits per heavy atom. The Balaban J connectivity index is 2.05. The van der Waals surface area contributed by atoms with Crippen molar-refractivity contribution in [1.29, 1.82) is 0 Å². The van der Waals surface area contributed by atoms with E-state index in [-0.39, 0.29) is 16.5 Å². The summed E-state index contributed by atoms with van der Waals surface area (Å²) in [6, 6.07) is 29.8. The van der Waals surface area contributed by atoms with Crippen LogP contribution in [-0.2, 0) is 10.9 Å². The second-order valence-corrected chi connectivity index (χ2v) is 8.65. The van der Waals surface area contributed by atoms with Gasteiger partial charge in [0.2, 0.25) is 0 Å². The normalized spacial score (nSPS) is 11.5. The maximum atomic E-state index is 6.07. The highest BCUT2D eigenvalue weighted by molar-refractivity contribution is 7.97. The summed E-state index contributed by atoms with van der Waals surface area (Å²) in [7, 11) is -0.133. The SMILES string of the molecule is CC(C)(C)Oc1cccc([S+](c2ccccc2)c2ccccc2)c1. The third-order valence-corrected chi connectivity index (χ3v) is 5.64. The number of hydrogen-bond donors (Lipinski definition) is 0. The molecule has 0 aliphatic carbocycles. The third-order valence-electron chi connectivity index (χ3n) is 3.42. The second-order valence-electron chi connectivity index (χ2n) is 6.62. The van der Waals surface area contributed by atoms with Crippen LogP contribution in [0.5, 0.6) is 5.75 Å². The maximum absolute atomic E-state index is 6.07. The molecule has 3 rings (SSSR count). The highest BCUT2D eigenvalue weighted by atomic mass is 32.2. The quantitative estimate of drug-likeness (QED) is 0.535. The van der Waals surface area contributed by atoms with Gasteiger partial charge in [0, 0.05) is 6.07 Å². The van der Waals surface area contributed by atoms with E-state index < -0.39 is 0 Å². The molecule has 0 unspecified atom stereocenters. The van der Waals surface area contributed by atoms with E-state index in [1.165, 1.54) is 14.7 Å². The van der Waals surface area contributed by atoms with Crippen molar-refractivity contribution in [2.75, 3.05) is 0 Å². The first-order chi connectivity index (χ1) is 11.5. The lowest BCUT2D eigenvalue weighted by molar-refractivity contribution is 0.130. The predicted octanol–water partition coefficient (Wildman–Crippen LogP) is 5.96. The first kappa shape index (κ1) is 16.7. The first-order valence-corrected chi connectivity index (χ1v) is 9.39. The van der Waals surface area contributed by atoms with Crippen LogP contribution in [0.2, 0.25) is 0 Å². The van der Waals surface area contributed by atoms with Gasteiger partial charge in [-0.25, -0.2) is 0 Å². The van der Waals surface area contributed by atoms with Crippen LogP contribution < -0.4 is 4.74 Å². The van der Waals surface area contributed by atoms with E-state index in [0.717, 1.165) is 5.75 Å². The molecule has 3 aromatic rings. The van der Waals surface area contributed by atoms with Gasteiger partial charge in [0.1, 0.15) is 11.4 Å². The van der Waals surface area contributed by atoms with E-state index in [2.05, 4.69) is 99.6 Å². The summed E-state index contributed by atoms with van der Waals surface area (Å²) in [5.41, 5.74) is -0.198. The maximum Gasteiger partial charge on any atom is 0.170 e. The molecule has 0 bridgehead atoms. The molecule has 3 aromatic carbocycles. The van der Waals surface area contributed by atoms with Crippen LogP contribution in [0.4, 0.5) is 0 Å². The zero-order valence-corrected chi connectivity index (χ0v) is 15.2. The van der Waals surface area contributed by atoms with Gasteiger partial charge in [-0.05, 0) is 57.2 Å². The van der Waals surface area contributed by atoms with Gasteiger partial charge in [-0.1, -0.05) is 42.5 Å². The number of benzene rings is 3. The smallest absolute Gasteiger partial charge is 0.170 e. The van der Waals surface area contributed by atoms with Crippen LogP contribution in [0, 0.1) is 0 Å². The average Bonchev–Trinajstić information content (AvgIpc) is 2.56. The van der Waals surface area contributed by atoms with E-state index in [0.29, 0.717) is 0 Å². The molecule has 0 aromatic heterocycles. The van der Waals surface area contributed by atoms with Crippen molar-refractivity contribution >= 4 is 10.9 Å². The molecule has 2 heteroatoms. The highest BCUT2D eigenvalue weighted by Gasteiger charge is 2.29. The van der Waals surface area contributed by atoms with E-state index in [1.54, 1.807) is 0 Å². The van der Waals surface area contributed by atoms with Crippen molar-refractivity contribution in [1.82, 2.24) is 0 Å². The first-order valence-electron chi connectivity index (χ1n) is 8.16. The zero-order chi connectivity index (χ0) is 17.0. The molecule has 0 saturated carbocycles. The molecule has 0 amide bonds. The Labute approximate surface area is 147 Å². The topological polar surface area (TPSA) is 9.23 Å². The summed E-state index contributed by atoms with van der Waals surface area (Å²) in [6.07, 6.45) is 0. The van der Waals surface area contributed by atoms with Crippen molar-refractivity contribution in [2.24, 2.45) is 0 Å². The fourth-order valence-electron chi connectivity index (χ4n) is 2.54. The Morgan fingerprint density at radius 1 is 0.625 bits per heavy atom. The summed E-state index contributed by atoms with van der Waals surface area (Å²) in [6.45, 7) is 6.23. The summed E-state index contributed by atoms with van der Waals surface area (Å²) in [5.74, 6) is 0.921. The van der Waals surface area contributed by atoms with E-state index in [9.17, 15) is 0 Å².